The van der Waals surface area contributed by atoms with Gasteiger partial charge in [-0.3, -0.25) is 0 Å². The Morgan fingerprint density at radius 3 is 2.76 bits per heavy atom. The van der Waals surface area contributed by atoms with Gasteiger partial charge in [0.05, 0.1) is 13.5 Å². The molecule has 4 nitrogen and oxygen atoms in total. The molecular weight excluding hydrogens is 281 g/mol. The van der Waals surface area contributed by atoms with Gasteiger partial charge >= 0.3 is 12.1 Å². The van der Waals surface area contributed by atoms with Crippen LogP contribution in [0, 0.1) is 0 Å². The Hall–Kier alpha value is -1.02. The Kier molecular flexibility index (Phi) is 4.58. The van der Waals surface area contributed by atoms with Crippen LogP contribution in [0.2, 0.25) is 5.15 Å². The zero-order chi connectivity index (χ0) is 13.1. The maximum Gasteiger partial charge on any atom is 0.390 e. The SMILES string of the molecule is COC(=O)c1sc(NCCC(F)(F)F)nc1Cl. The highest BCUT2D eigenvalue weighted by Crippen LogP contribution is 2.28. The molecule has 0 saturated carbocycles. The molecule has 0 radical (unpaired) electrons. The van der Waals surface area contributed by atoms with E-state index in [9.17, 15) is 18.0 Å². The first kappa shape index (κ1) is 14.0. The highest BCUT2D eigenvalue weighted by Gasteiger charge is 2.26. The van der Waals surface area contributed by atoms with Crippen LogP contribution >= 0.6 is 22.9 Å². The van der Waals surface area contributed by atoms with Crippen molar-refractivity contribution in [2.45, 2.75) is 12.6 Å². The summed E-state index contributed by atoms with van der Waals surface area (Å²) in [7, 11) is 1.18. The van der Waals surface area contributed by atoms with E-state index in [1.54, 1.807) is 0 Å². The number of aromatic nitrogens is 1. The molecule has 0 saturated heterocycles. The Morgan fingerprint density at radius 2 is 2.24 bits per heavy atom. The Morgan fingerprint density at radius 1 is 1.59 bits per heavy atom. The minimum Gasteiger partial charge on any atom is -0.465 e. The predicted octanol–water partition coefficient (Wildman–Crippen LogP) is 2.95. The molecule has 0 fully saturated rings. The number of nitrogens with zero attached hydrogens (tertiary/aromatic N) is 1. The topological polar surface area (TPSA) is 51.2 Å². The van der Waals surface area contributed by atoms with E-state index in [4.69, 9.17) is 11.6 Å². The van der Waals surface area contributed by atoms with Crippen molar-refractivity contribution < 1.29 is 22.7 Å². The van der Waals surface area contributed by atoms with E-state index < -0.39 is 18.6 Å². The molecule has 0 aliphatic heterocycles. The number of hydrogen-bond donors (Lipinski definition) is 1. The number of hydrogen-bond acceptors (Lipinski definition) is 5. The lowest BCUT2D eigenvalue weighted by atomic mass is 10.4. The Bertz CT molecular complexity index is 408. The summed E-state index contributed by atoms with van der Waals surface area (Å²) < 4.78 is 40.0. The lowest BCUT2D eigenvalue weighted by Crippen LogP contribution is -2.14. The molecule has 1 N–H and O–H groups in total. The van der Waals surface area contributed by atoms with Crippen LogP contribution in [0.4, 0.5) is 18.3 Å². The molecule has 9 heteroatoms. The molecule has 0 aromatic carbocycles. The zero-order valence-corrected chi connectivity index (χ0v) is 10.2. The maximum atomic E-state index is 11.9. The van der Waals surface area contributed by atoms with E-state index in [1.807, 2.05) is 0 Å². The van der Waals surface area contributed by atoms with Crippen molar-refractivity contribution in [3.8, 4) is 0 Å². The van der Waals surface area contributed by atoms with E-state index in [0.717, 1.165) is 11.3 Å². The number of alkyl halides is 3. The zero-order valence-electron chi connectivity index (χ0n) is 8.60. The van der Waals surface area contributed by atoms with Crippen LogP contribution in [-0.2, 0) is 4.74 Å². The highest BCUT2D eigenvalue weighted by molar-refractivity contribution is 7.18. The molecule has 1 aromatic rings. The summed E-state index contributed by atoms with van der Waals surface area (Å²) in [5, 5.41) is 2.50. The molecule has 1 aromatic heterocycles. The number of halogens is 4. The van der Waals surface area contributed by atoms with Gasteiger partial charge in [-0.15, -0.1) is 0 Å². The molecule has 0 aliphatic carbocycles. The van der Waals surface area contributed by atoms with Crippen LogP contribution in [0.15, 0.2) is 0 Å². The summed E-state index contributed by atoms with van der Waals surface area (Å²) in [6.45, 7) is -0.325. The first-order chi connectivity index (χ1) is 7.83. The fourth-order valence-corrected chi connectivity index (χ4v) is 2.04. The fourth-order valence-electron chi connectivity index (χ4n) is 0.907. The molecule has 0 aliphatic rings. The average Bonchev–Trinajstić information content (AvgIpc) is 2.57. The van der Waals surface area contributed by atoms with Gasteiger partial charge in [0, 0.05) is 6.54 Å². The molecule has 0 unspecified atom stereocenters. The first-order valence-electron chi connectivity index (χ1n) is 4.38. The number of anilines is 1. The van der Waals surface area contributed by atoms with Crippen molar-refractivity contribution >= 4 is 34.0 Å². The van der Waals surface area contributed by atoms with Crippen molar-refractivity contribution in [3.05, 3.63) is 10.0 Å². The second-order valence-corrected chi connectivity index (χ2v) is 4.28. The van der Waals surface area contributed by atoms with E-state index >= 15 is 0 Å². The van der Waals surface area contributed by atoms with Crippen molar-refractivity contribution in [2.75, 3.05) is 19.0 Å². The lowest BCUT2D eigenvalue weighted by molar-refractivity contribution is -0.131. The number of methoxy groups -OCH3 is 1. The van der Waals surface area contributed by atoms with Gasteiger partial charge in [-0.05, 0) is 0 Å². The molecule has 0 amide bonds. The normalized spacial score (nSPS) is 11.4. The largest absolute Gasteiger partial charge is 0.465 e. The molecule has 96 valence electrons. The van der Waals surface area contributed by atoms with Crippen LogP contribution in [-0.4, -0.2) is 30.8 Å². The summed E-state index contributed by atoms with van der Waals surface area (Å²) in [5.41, 5.74) is 0. The Labute approximate surface area is 104 Å². The summed E-state index contributed by atoms with van der Waals surface area (Å²) in [4.78, 5) is 14.9. The summed E-state index contributed by atoms with van der Waals surface area (Å²) in [6.07, 6.45) is -5.23. The highest BCUT2D eigenvalue weighted by atomic mass is 35.5. The van der Waals surface area contributed by atoms with Gasteiger partial charge in [-0.2, -0.15) is 13.2 Å². The first-order valence-corrected chi connectivity index (χ1v) is 5.58. The quantitative estimate of drug-likeness (QED) is 0.866. The maximum absolute atomic E-state index is 11.9. The summed E-state index contributed by atoms with van der Waals surface area (Å²) in [5.74, 6) is -0.670. The summed E-state index contributed by atoms with van der Waals surface area (Å²) in [6, 6.07) is 0. The Balaban J connectivity index is 2.59. The lowest BCUT2D eigenvalue weighted by Gasteiger charge is -2.05. The average molecular weight is 289 g/mol. The second-order valence-electron chi connectivity index (χ2n) is 2.92. The number of carbonyl (C=O) groups is 1. The molecule has 1 heterocycles. The van der Waals surface area contributed by atoms with E-state index in [2.05, 4.69) is 15.0 Å². The van der Waals surface area contributed by atoms with Gasteiger partial charge in [0.15, 0.2) is 15.2 Å². The molecular formula is C8H8ClF3N2O2S. The smallest absolute Gasteiger partial charge is 0.390 e. The van der Waals surface area contributed by atoms with Gasteiger partial charge < -0.3 is 10.1 Å². The molecule has 0 spiro atoms. The minimum absolute atomic E-state index is 0.0590. The molecule has 0 bridgehead atoms. The van der Waals surface area contributed by atoms with Crippen molar-refractivity contribution in [1.29, 1.82) is 0 Å². The standard InChI is InChI=1S/C8H8ClF3N2O2S/c1-16-6(15)4-5(9)14-7(17-4)13-3-2-8(10,11)12/h2-3H2,1H3,(H,13,14). The summed E-state index contributed by atoms with van der Waals surface area (Å²) >= 11 is 6.47. The van der Waals surface area contributed by atoms with Gasteiger partial charge in [0.2, 0.25) is 0 Å². The van der Waals surface area contributed by atoms with E-state index in [0.29, 0.717) is 0 Å². The number of carbonyl (C=O) groups excluding carboxylic acids is 1. The van der Waals surface area contributed by atoms with E-state index in [-0.39, 0.29) is 21.7 Å². The van der Waals surface area contributed by atoms with Crippen LogP contribution in [0.5, 0.6) is 0 Å². The fraction of sp³-hybridized carbons (Fsp3) is 0.500. The van der Waals surface area contributed by atoms with Crippen LogP contribution in [0.1, 0.15) is 16.1 Å². The van der Waals surface area contributed by atoms with Crippen LogP contribution in [0.3, 0.4) is 0 Å². The third-order valence-electron chi connectivity index (χ3n) is 1.64. The predicted molar refractivity (Wildman–Crippen MR) is 57.6 cm³/mol. The number of nitrogens with one attached hydrogen (secondary N) is 1. The van der Waals surface area contributed by atoms with E-state index in [1.165, 1.54) is 7.11 Å². The molecule has 17 heavy (non-hydrogen) atoms. The van der Waals surface area contributed by atoms with Crippen molar-refractivity contribution in [3.63, 3.8) is 0 Å². The van der Waals surface area contributed by atoms with Crippen molar-refractivity contribution in [2.24, 2.45) is 0 Å². The number of thiazole rings is 1. The van der Waals surface area contributed by atoms with Gasteiger partial charge in [0.1, 0.15) is 0 Å². The molecule has 1 rings (SSSR count). The number of ether oxygens (including phenoxy) is 1. The second kappa shape index (κ2) is 5.54. The molecule has 0 atom stereocenters. The van der Waals surface area contributed by atoms with Crippen molar-refractivity contribution in [1.82, 2.24) is 4.98 Å². The number of esters is 1. The third-order valence-corrected chi connectivity index (χ3v) is 3.02. The van der Waals surface area contributed by atoms with Crippen LogP contribution < -0.4 is 5.32 Å². The van der Waals surface area contributed by atoms with Crippen LogP contribution in [0.25, 0.3) is 0 Å². The monoisotopic (exact) mass is 288 g/mol. The van der Waals surface area contributed by atoms with Gasteiger partial charge in [0.25, 0.3) is 0 Å². The van der Waals surface area contributed by atoms with Gasteiger partial charge in [-0.25, -0.2) is 9.78 Å². The third kappa shape index (κ3) is 4.39. The van der Waals surface area contributed by atoms with Gasteiger partial charge in [-0.1, -0.05) is 22.9 Å². The number of rotatable bonds is 4. The minimum atomic E-state index is -4.24.